The number of rotatable bonds is 6. The molecule has 3 heterocycles. The molecule has 5 rings (SSSR count). The Labute approximate surface area is 204 Å². The van der Waals surface area contributed by atoms with Crippen LogP contribution in [0.4, 0.5) is 10.1 Å². The second kappa shape index (κ2) is 11.8. The Balaban J connectivity index is 0.000000421. The molecule has 1 aliphatic rings. The summed E-state index contributed by atoms with van der Waals surface area (Å²) in [7, 11) is 1.88. The van der Waals surface area contributed by atoms with Crippen LogP contribution in [0.5, 0.6) is 5.88 Å². The number of aromatic nitrogens is 3. The first-order chi connectivity index (χ1) is 17.1. The molecular weight excluding hydrogens is 443 g/mol. The predicted molar refractivity (Wildman–Crippen MR) is 133 cm³/mol. The van der Waals surface area contributed by atoms with Crippen molar-refractivity contribution >= 4 is 5.69 Å². The van der Waals surface area contributed by atoms with Crippen LogP contribution in [0.2, 0.25) is 0 Å². The fraction of sp³-hybridized carbons (Fsp3) is 0.222. The zero-order chi connectivity index (χ0) is 24.5. The van der Waals surface area contributed by atoms with Gasteiger partial charge < -0.3 is 15.4 Å². The maximum Gasteiger partial charge on any atom is 0.237 e. The Morgan fingerprint density at radius 2 is 1.91 bits per heavy atom. The van der Waals surface area contributed by atoms with Crippen LogP contribution in [0, 0.1) is 17.1 Å². The molecule has 1 atom stereocenters. The van der Waals surface area contributed by atoms with E-state index >= 15 is 0 Å². The minimum Gasteiger partial charge on any atom is -0.470 e. The van der Waals surface area contributed by atoms with Crippen molar-refractivity contribution in [3.05, 3.63) is 96.2 Å². The molecule has 8 heteroatoms. The van der Waals surface area contributed by atoms with Crippen molar-refractivity contribution in [1.29, 1.82) is 5.26 Å². The number of pyridine rings is 1. The van der Waals surface area contributed by atoms with E-state index in [2.05, 4.69) is 20.7 Å². The summed E-state index contributed by atoms with van der Waals surface area (Å²) in [5.74, 6) is 0.114. The van der Waals surface area contributed by atoms with Gasteiger partial charge in [-0.1, -0.05) is 42.5 Å². The summed E-state index contributed by atoms with van der Waals surface area (Å²) in [6, 6.07) is 20.6. The number of hydrogen-bond acceptors (Lipinski definition) is 6. The lowest BCUT2D eigenvalue weighted by atomic mass is 10.1. The van der Waals surface area contributed by atoms with Crippen LogP contribution in [0.25, 0.3) is 11.1 Å². The first-order valence-electron chi connectivity index (χ1n) is 11.4. The number of hydrogen-bond donors (Lipinski definition) is 2. The molecule has 1 unspecified atom stereocenters. The van der Waals surface area contributed by atoms with E-state index in [0.29, 0.717) is 31.9 Å². The van der Waals surface area contributed by atoms with Gasteiger partial charge in [-0.25, -0.2) is 9.37 Å². The molecule has 0 aliphatic carbocycles. The zero-order valence-electron chi connectivity index (χ0n) is 19.5. The summed E-state index contributed by atoms with van der Waals surface area (Å²) in [5, 5.41) is 19.7. The van der Waals surface area contributed by atoms with E-state index in [9.17, 15) is 4.39 Å². The van der Waals surface area contributed by atoms with Crippen molar-refractivity contribution in [2.45, 2.75) is 12.5 Å². The molecule has 0 spiro atoms. The zero-order valence-corrected chi connectivity index (χ0v) is 19.5. The lowest BCUT2D eigenvalue weighted by Gasteiger charge is -2.27. The van der Waals surface area contributed by atoms with Gasteiger partial charge in [0.1, 0.15) is 18.0 Å². The van der Waals surface area contributed by atoms with Crippen LogP contribution < -0.4 is 15.4 Å². The van der Waals surface area contributed by atoms with Gasteiger partial charge in [-0.15, -0.1) is 0 Å². The quantitative estimate of drug-likeness (QED) is 0.411. The largest absolute Gasteiger partial charge is 0.470 e. The number of ether oxygens (including phenoxy) is 1. The highest BCUT2D eigenvalue weighted by Crippen LogP contribution is 2.31. The second-order valence-electron chi connectivity index (χ2n) is 8.13. The summed E-state index contributed by atoms with van der Waals surface area (Å²) in [6.45, 7) is 2.01. The Kier molecular flexibility index (Phi) is 8.04. The van der Waals surface area contributed by atoms with Crippen molar-refractivity contribution in [1.82, 2.24) is 20.1 Å². The lowest BCUT2D eigenvalue weighted by Crippen LogP contribution is -2.40. The van der Waals surface area contributed by atoms with Gasteiger partial charge in [0.2, 0.25) is 5.88 Å². The summed E-state index contributed by atoms with van der Waals surface area (Å²) in [4.78, 5) is 4.44. The summed E-state index contributed by atoms with van der Waals surface area (Å²) in [6.07, 6.45) is 6.16. The van der Waals surface area contributed by atoms with Crippen molar-refractivity contribution in [3.8, 4) is 23.1 Å². The molecule has 0 fully saturated rings. The molecule has 0 amide bonds. The fourth-order valence-corrected chi connectivity index (χ4v) is 3.62. The van der Waals surface area contributed by atoms with Gasteiger partial charge in [0, 0.05) is 37.1 Å². The third kappa shape index (κ3) is 6.65. The SMILES string of the molecule is Cn1cc(-c2cnc3c(c2)NCC(CNCCc2ccc(C#N)c(F)c2)O3)cn1.c1ccccc1. The van der Waals surface area contributed by atoms with Crippen LogP contribution in [-0.4, -0.2) is 40.5 Å². The number of nitrogens with one attached hydrogen (secondary N) is 2. The molecule has 0 saturated heterocycles. The van der Waals surface area contributed by atoms with Gasteiger partial charge in [0.15, 0.2) is 0 Å². The third-order valence-corrected chi connectivity index (χ3v) is 5.47. The van der Waals surface area contributed by atoms with E-state index in [1.807, 2.05) is 61.8 Å². The average Bonchev–Trinajstić information content (AvgIpc) is 3.34. The summed E-state index contributed by atoms with van der Waals surface area (Å²) < 4.78 is 21.4. The van der Waals surface area contributed by atoms with E-state index in [1.54, 1.807) is 23.1 Å². The first kappa shape index (κ1) is 23.9. The van der Waals surface area contributed by atoms with E-state index < -0.39 is 5.82 Å². The highest BCUT2D eigenvalue weighted by molar-refractivity contribution is 5.69. The highest BCUT2D eigenvalue weighted by Gasteiger charge is 2.21. The predicted octanol–water partition coefficient (Wildman–Crippen LogP) is 4.18. The molecule has 2 aromatic carbocycles. The van der Waals surface area contributed by atoms with Crippen molar-refractivity contribution in [2.24, 2.45) is 7.05 Å². The van der Waals surface area contributed by atoms with Crippen LogP contribution in [-0.2, 0) is 13.5 Å². The highest BCUT2D eigenvalue weighted by atomic mass is 19.1. The fourth-order valence-electron chi connectivity index (χ4n) is 3.62. The minimum absolute atomic E-state index is 0.0445. The average molecular weight is 471 g/mol. The summed E-state index contributed by atoms with van der Waals surface area (Å²) >= 11 is 0. The van der Waals surface area contributed by atoms with Crippen LogP contribution in [0.3, 0.4) is 0 Å². The Morgan fingerprint density at radius 3 is 2.57 bits per heavy atom. The minimum atomic E-state index is -0.474. The molecule has 1 aliphatic heterocycles. The first-order valence-corrected chi connectivity index (χ1v) is 11.4. The van der Waals surface area contributed by atoms with Crippen molar-refractivity contribution < 1.29 is 9.13 Å². The van der Waals surface area contributed by atoms with E-state index in [0.717, 1.165) is 22.4 Å². The normalized spacial score (nSPS) is 13.9. The van der Waals surface area contributed by atoms with Crippen molar-refractivity contribution in [3.63, 3.8) is 0 Å². The number of anilines is 1. The number of aryl methyl sites for hydroxylation is 1. The third-order valence-electron chi connectivity index (χ3n) is 5.47. The monoisotopic (exact) mass is 470 g/mol. The molecule has 2 N–H and O–H groups in total. The number of nitrogens with zero attached hydrogens (tertiary/aromatic N) is 4. The second-order valence-corrected chi connectivity index (χ2v) is 8.13. The molecule has 178 valence electrons. The Hall–Kier alpha value is -4.22. The molecule has 4 aromatic rings. The molecule has 2 aromatic heterocycles. The topological polar surface area (TPSA) is 87.8 Å². The number of halogens is 1. The number of nitriles is 1. The number of fused-ring (bicyclic) bond motifs is 1. The Bertz CT molecular complexity index is 1260. The maximum atomic E-state index is 13.6. The molecule has 0 saturated carbocycles. The van der Waals surface area contributed by atoms with Crippen LogP contribution in [0.15, 0.2) is 79.3 Å². The Morgan fingerprint density at radius 1 is 1.14 bits per heavy atom. The van der Waals surface area contributed by atoms with Crippen LogP contribution in [0.1, 0.15) is 11.1 Å². The molecule has 0 bridgehead atoms. The van der Waals surface area contributed by atoms with Gasteiger partial charge >= 0.3 is 0 Å². The van der Waals surface area contributed by atoms with Gasteiger partial charge in [-0.3, -0.25) is 4.68 Å². The number of benzene rings is 2. The van der Waals surface area contributed by atoms with Gasteiger partial charge in [0.05, 0.1) is 24.0 Å². The molecular formula is C27H27FN6O. The van der Waals surface area contributed by atoms with Gasteiger partial charge in [-0.2, -0.15) is 10.4 Å². The van der Waals surface area contributed by atoms with Gasteiger partial charge in [-0.05, 0) is 36.7 Å². The van der Waals surface area contributed by atoms with E-state index in [-0.39, 0.29) is 11.7 Å². The smallest absolute Gasteiger partial charge is 0.237 e. The molecule has 7 nitrogen and oxygen atoms in total. The summed E-state index contributed by atoms with van der Waals surface area (Å²) in [5.41, 5.74) is 3.79. The molecule has 35 heavy (non-hydrogen) atoms. The maximum absolute atomic E-state index is 13.6. The standard InChI is InChI=1S/C21H21FN6O.C6H6/c1-28-13-17(10-27-28)16-7-20-21(26-9-16)29-18(12-25-20)11-24-5-4-14-2-3-15(8-23)19(22)6-14;1-2-4-6-5-3-1/h2-3,6-7,9-10,13,18,24-25H,4-5,11-12H2,1H3;1-6H. The van der Waals surface area contributed by atoms with Crippen LogP contribution >= 0.6 is 0 Å². The van der Waals surface area contributed by atoms with E-state index in [1.165, 1.54) is 12.1 Å². The van der Waals surface area contributed by atoms with Gasteiger partial charge in [0.25, 0.3) is 0 Å². The van der Waals surface area contributed by atoms with E-state index in [4.69, 9.17) is 10.00 Å². The van der Waals surface area contributed by atoms with Crippen molar-refractivity contribution in [2.75, 3.05) is 25.0 Å². The lowest BCUT2D eigenvalue weighted by molar-refractivity contribution is 0.194. The molecule has 0 radical (unpaired) electrons.